The van der Waals surface area contributed by atoms with Crippen LogP contribution in [0.15, 0.2) is 60.7 Å². The number of methoxy groups -OCH3 is 2. The fraction of sp³-hybridized carbons (Fsp3) is 0.231. The van der Waals surface area contributed by atoms with Crippen LogP contribution >= 0.6 is 23.2 Å². The molecule has 8 nitrogen and oxygen atoms in total. The number of nitrogens with one attached hydrogen (secondary N) is 2. The third-order valence-electron chi connectivity index (χ3n) is 5.75. The number of anilines is 2. The first kappa shape index (κ1) is 25.5. The normalized spacial score (nSPS) is 14.9. The Balaban J connectivity index is 1.33. The van der Waals surface area contributed by atoms with Gasteiger partial charge < -0.3 is 19.1 Å². The number of benzene rings is 3. The summed E-state index contributed by atoms with van der Waals surface area (Å²) in [6, 6.07) is 17.6. The molecular formula is C26H25Cl2N3O5. The first-order chi connectivity index (χ1) is 17.4. The summed E-state index contributed by atoms with van der Waals surface area (Å²) in [6.07, 6.45) is 0.129. The minimum atomic E-state index is -0.484. The summed E-state index contributed by atoms with van der Waals surface area (Å²) in [5, 5.41) is 0.932. The summed E-state index contributed by atoms with van der Waals surface area (Å²) in [5.41, 5.74) is 7.74. The number of halogens is 2. The van der Waals surface area contributed by atoms with Crippen molar-refractivity contribution >= 4 is 46.4 Å². The molecule has 1 aliphatic heterocycles. The highest BCUT2D eigenvalue weighted by Crippen LogP contribution is 2.32. The van der Waals surface area contributed by atoms with Crippen LogP contribution in [0, 0.1) is 5.92 Å². The summed E-state index contributed by atoms with van der Waals surface area (Å²) in [5.74, 6) is 0.838. The molecule has 1 aliphatic rings. The van der Waals surface area contributed by atoms with Crippen LogP contribution in [0.4, 0.5) is 11.4 Å². The Morgan fingerprint density at radius 1 is 0.972 bits per heavy atom. The van der Waals surface area contributed by atoms with Gasteiger partial charge in [-0.1, -0.05) is 29.3 Å². The predicted molar refractivity (Wildman–Crippen MR) is 139 cm³/mol. The Hall–Kier alpha value is -3.62. The van der Waals surface area contributed by atoms with Crippen molar-refractivity contribution in [2.24, 2.45) is 5.92 Å². The van der Waals surface area contributed by atoms with Crippen molar-refractivity contribution in [1.29, 1.82) is 0 Å². The Kier molecular flexibility index (Phi) is 8.07. The van der Waals surface area contributed by atoms with Gasteiger partial charge >= 0.3 is 0 Å². The number of nitrogens with zero attached hydrogens (tertiary/aromatic N) is 1. The van der Waals surface area contributed by atoms with Gasteiger partial charge in [0.25, 0.3) is 0 Å². The van der Waals surface area contributed by atoms with Gasteiger partial charge in [-0.25, -0.2) is 0 Å². The maximum absolute atomic E-state index is 12.7. The lowest BCUT2D eigenvalue weighted by molar-refractivity contribution is -0.125. The summed E-state index contributed by atoms with van der Waals surface area (Å²) < 4.78 is 16.4. The van der Waals surface area contributed by atoms with E-state index in [0.29, 0.717) is 39.5 Å². The maximum atomic E-state index is 12.7. The van der Waals surface area contributed by atoms with Gasteiger partial charge in [-0.05, 0) is 54.1 Å². The smallest absolute Gasteiger partial charge is 0.243 e. The first-order valence-electron chi connectivity index (χ1n) is 11.1. The third kappa shape index (κ3) is 5.95. The molecule has 0 saturated carbocycles. The van der Waals surface area contributed by atoms with Gasteiger partial charge in [0.15, 0.2) is 11.5 Å². The molecule has 4 rings (SSSR count). The molecule has 0 spiro atoms. The fourth-order valence-electron chi connectivity index (χ4n) is 3.79. The molecule has 1 heterocycles. The molecular weight excluding hydrogens is 505 g/mol. The predicted octanol–water partition coefficient (Wildman–Crippen LogP) is 5.09. The molecule has 0 aromatic heterocycles. The average Bonchev–Trinajstić information content (AvgIpc) is 3.29. The summed E-state index contributed by atoms with van der Waals surface area (Å²) in [4.78, 5) is 26.8. The number of rotatable bonds is 9. The summed E-state index contributed by atoms with van der Waals surface area (Å²) in [7, 11) is 3.11. The molecule has 188 valence electrons. The quantitative estimate of drug-likeness (QED) is 0.375. The van der Waals surface area contributed by atoms with E-state index in [2.05, 4.69) is 10.9 Å². The standard InChI is InChI=1S/C26H25Cl2N3O5/c1-34-20-7-5-19(6-8-20)31-14-17(12-25(31)32)26(33)30-29-18-4-10-23(24(13-18)35-2)36-15-16-3-9-21(27)22(28)11-16/h3-11,13,17,29H,12,14-15H2,1-2H3,(H,30,33)/t17-/m1/s1. The Morgan fingerprint density at radius 2 is 1.75 bits per heavy atom. The van der Waals surface area contributed by atoms with Gasteiger partial charge in [0.05, 0.1) is 35.9 Å². The number of ether oxygens (including phenoxy) is 3. The van der Waals surface area contributed by atoms with Crippen LogP contribution in [0.25, 0.3) is 0 Å². The molecule has 0 unspecified atom stereocenters. The number of carbonyl (C=O) groups excluding carboxylic acids is 2. The monoisotopic (exact) mass is 529 g/mol. The van der Waals surface area contributed by atoms with E-state index >= 15 is 0 Å². The van der Waals surface area contributed by atoms with Crippen molar-refractivity contribution < 1.29 is 23.8 Å². The molecule has 0 aliphatic carbocycles. The van der Waals surface area contributed by atoms with E-state index in [0.717, 1.165) is 11.3 Å². The minimum Gasteiger partial charge on any atom is -0.497 e. The molecule has 2 N–H and O–H groups in total. The van der Waals surface area contributed by atoms with Crippen molar-refractivity contribution in [2.75, 3.05) is 31.1 Å². The fourth-order valence-corrected chi connectivity index (χ4v) is 4.11. The van der Waals surface area contributed by atoms with E-state index in [4.69, 9.17) is 37.4 Å². The van der Waals surface area contributed by atoms with Gasteiger partial charge in [-0.15, -0.1) is 0 Å². The second kappa shape index (κ2) is 11.4. The SMILES string of the molecule is COc1ccc(N2C[C@H](C(=O)NNc3ccc(OCc4ccc(Cl)c(Cl)c4)c(OC)c3)CC2=O)cc1. The highest BCUT2D eigenvalue weighted by atomic mass is 35.5. The third-order valence-corrected chi connectivity index (χ3v) is 6.49. The Morgan fingerprint density at radius 3 is 2.44 bits per heavy atom. The zero-order valence-electron chi connectivity index (χ0n) is 19.7. The minimum absolute atomic E-state index is 0.106. The number of carbonyl (C=O) groups is 2. The number of hydrogen-bond acceptors (Lipinski definition) is 6. The number of hydrazine groups is 1. The van der Waals surface area contributed by atoms with Gasteiger partial charge in [-0.2, -0.15) is 0 Å². The van der Waals surface area contributed by atoms with E-state index in [1.54, 1.807) is 66.6 Å². The van der Waals surface area contributed by atoms with Crippen LogP contribution in [0.5, 0.6) is 17.2 Å². The van der Waals surface area contributed by atoms with Gasteiger partial charge in [0, 0.05) is 24.7 Å². The van der Waals surface area contributed by atoms with Crippen molar-refractivity contribution in [3.63, 3.8) is 0 Å². The molecule has 3 aromatic rings. The van der Waals surface area contributed by atoms with Crippen molar-refractivity contribution in [3.8, 4) is 17.2 Å². The van der Waals surface area contributed by atoms with Crippen molar-refractivity contribution in [3.05, 3.63) is 76.3 Å². The molecule has 1 atom stereocenters. The Labute approximate surface area is 219 Å². The maximum Gasteiger partial charge on any atom is 0.243 e. The molecule has 0 radical (unpaired) electrons. The van der Waals surface area contributed by atoms with Gasteiger partial charge in [0.1, 0.15) is 12.4 Å². The van der Waals surface area contributed by atoms with E-state index < -0.39 is 5.92 Å². The average molecular weight is 530 g/mol. The zero-order valence-corrected chi connectivity index (χ0v) is 21.2. The molecule has 1 saturated heterocycles. The largest absolute Gasteiger partial charge is 0.497 e. The van der Waals surface area contributed by atoms with Crippen LogP contribution in [-0.4, -0.2) is 32.6 Å². The lowest BCUT2D eigenvalue weighted by Gasteiger charge is -2.17. The molecule has 36 heavy (non-hydrogen) atoms. The molecule has 10 heteroatoms. The second-order valence-electron chi connectivity index (χ2n) is 8.12. The molecule has 2 amide bonds. The van der Waals surface area contributed by atoms with E-state index in [-0.39, 0.29) is 24.8 Å². The van der Waals surface area contributed by atoms with Gasteiger partial charge in [0.2, 0.25) is 11.8 Å². The number of hydrogen-bond donors (Lipinski definition) is 2. The van der Waals surface area contributed by atoms with E-state index in [1.165, 1.54) is 7.11 Å². The Bertz CT molecular complexity index is 1250. The van der Waals surface area contributed by atoms with Crippen LogP contribution in [0.1, 0.15) is 12.0 Å². The number of amides is 2. The summed E-state index contributed by atoms with van der Waals surface area (Å²) >= 11 is 12.0. The van der Waals surface area contributed by atoms with Gasteiger partial charge in [-0.3, -0.25) is 20.4 Å². The lowest BCUT2D eigenvalue weighted by Crippen LogP contribution is -2.36. The molecule has 3 aromatic carbocycles. The highest BCUT2D eigenvalue weighted by molar-refractivity contribution is 6.42. The topological polar surface area (TPSA) is 89.1 Å². The van der Waals surface area contributed by atoms with Crippen molar-refractivity contribution in [2.45, 2.75) is 13.0 Å². The highest BCUT2D eigenvalue weighted by Gasteiger charge is 2.35. The van der Waals surface area contributed by atoms with Crippen molar-refractivity contribution in [1.82, 2.24) is 5.43 Å². The van der Waals surface area contributed by atoms with Crippen LogP contribution < -0.4 is 30.0 Å². The first-order valence-corrected chi connectivity index (χ1v) is 11.9. The van der Waals surface area contributed by atoms with Crippen LogP contribution in [-0.2, 0) is 16.2 Å². The lowest BCUT2D eigenvalue weighted by atomic mass is 10.1. The second-order valence-corrected chi connectivity index (χ2v) is 8.93. The molecule has 0 bridgehead atoms. The zero-order chi connectivity index (χ0) is 25.7. The van der Waals surface area contributed by atoms with E-state index in [9.17, 15) is 9.59 Å². The molecule has 1 fully saturated rings. The summed E-state index contributed by atoms with van der Waals surface area (Å²) in [6.45, 7) is 0.570. The van der Waals surface area contributed by atoms with Crippen LogP contribution in [0.2, 0.25) is 10.0 Å². The van der Waals surface area contributed by atoms with Crippen LogP contribution in [0.3, 0.4) is 0 Å². The van der Waals surface area contributed by atoms with E-state index in [1.807, 2.05) is 6.07 Å².